The third kappa shape index (κ3) is 6.38. The standard InChI is InChI=1S/C23H37N7S.HI/c1-4-24-23(27-19-9-6-12-30(16-19)20-15-26-29(3)17-20)25-14-18-8-5-11-28(2)22(18)21-10-7-13-31-21;/h7,10,13,15,17-19,22H,4-6,8-9,11-12,14,16H2,1-3H3,(H2,24,25,27);1H. The molecule has 3 unspecified atom stereocenters. The fourth-order valence-corrected chi connectivity index (χ4v) is 5.97. The molecule has 9 heteroatoms. The molecule has 0 saturated carbocycles. The van der Waals surface area contributed by atoms with Gasteiger partial charge in [0.15, 0.2) is 5.96 Å². The first-order valence-electron chi connectivity index (χ1n) is 11.7. The summed E-state index contributed by atoms with van der Waals surface area (Å²) in [6.07, 6.45) is 8.92. The molecule has 2 fully saturated rings. The van der Waals surface area contributed by atoms with Crippen molar-refractivity contribution in [3.63, 3.8) is 0 Å². The predicted molar refractivity (Wildman–Crippen MR) is 145 cm³/mol. The molecule has 4 rings (SSSR count). The maximum atomic E-state index is 5.07. The molecule has 4 heterocycles. The quantitative estimate of drug-likeness (QED) is 0.315. The molecule has 0 radical (unpaired) electrons. The van der Waals surface area contributed by atoms with Crippen molar-refractivity contribution in [2.45, 2.75) is 44.7 Å². The number of guanidine groups is 1. The number of halogens is 1. The Balaban J connectivity index is 0.00000289. The molecule has 2 aliphatic heterocycles. The highest BCUT2D eigenvalue weighted by Crippen LogP contribution is 2.37. The van der Waals surface area contributed by atoms with E-state index in [9.17, 15) is 0 Å². The van der Waals surface area contributed by atoms with Gasteiger partial charge in [0.2, 0.25) is 0 Å². The average molecular weight is 572 g/mol. The second kappa shape index (κ2) is 12.2. The van der Waals surface area contributed by atoms with Crippen molar-refractivity contribution in [2.24, 2.45) is 18.0 Å². The first kappa shape index (κ1) is 25.3. The van der Waals surface area contributed by atoms with Crippen LogP contribution in [0.3, 0.4) is 0 Å². The molecule has 2 N–H and O–H groups in total. The van der Waals surface area contributed by atoms with E-state index >= 15 is 0 Å². The summed E-state index contributed by atoms with van der Waals surface area (Å²) in [5.41, 5.74) is 1.21. The lowest BCUT2D eigenvalue weighted by Crippen LogP contribution is -2.51. The van der Waals surface area contributed by atoms with Gasteiger partial charge < -0.3 is 15.5 Å². The normalized spacial score (nSPS) is 24.8. The molecule has 32 heavy (non-hydrogen) atoms. The number of rotatable bonds is 6. The Kier molecular flexibility index (Phi) is 9.66. The van der Waals surface area contributed by atoms with Crippen LogP contribution in [0, 0.1) is 5.92 Å². The average Bonchev–Trinajstić information content (AvgIpc) is 3.44. The fourth-order valence-electron chi connectivity index (χ4n) is 4.98. The van der Waals surface area contributed by atoms with Gasteiger partial charge >= 0.3 is 0 Å². The van der Waals surface area contributed by atoms with Gasteiger partial charge in [-0.2, -0.15) is 5.10 Å². The van der Waals surface area contributed by atoms with Crippen molar-refractivity contribution in [3.8, 4) is 0 Å². The van der Waals surface area contributed by atoms with Crippen LogP contribution in [-0.4, -0.2) is 66.5 Å². The van der Waals surface area contributed by atoms with Crippen LogP contribution in [0.15, 0.2) is 34.9 Å². The first-order valence-corrected chi connectivity index (χ1v) is 12.5. The van der Waals surface area contributed by atoms with E-state index < -0.39 is 0 Å². The van der Waals surface area contributed by atoms with Gasteiger partial charge in [0.25, 0.3) is 0 Å². The van der Waals surface area contributed by atoms with E-state index in [4.69, 9.17) is 4.99 Å². The first-order chi connectivity index (χ1) is 15.1. The summed E-state index contributed by atoms with van der Waals surface area (Å²) in [7, 11) is 4.24. The van der Waals surface area contributed by atoms with E-state index in [0.717, 1.165) is 32.1 Å². The Morgan fingerprint density at radius 2 is 2.09 bits per heavy atom. The van der Waals surface area contributed by atoms with Crippen LogP contribution in [0.5, 0.6) is 0 Å². The zero-order valence-electron chi connectivity index (χ0n) is 19.5. The molecule has 0 amide bonds. The Labute approximate surface area is 213 Å². The molecular weight excluding hydrogens is 533 g/mol. The second-order valence-electron chi connectivity index (χ2n) is 8.86. The van der Waals surface area contributed by atoms with Crippen LogP contribution in [0.2, 0.25) is 0 Å². The summed E-state index contributed by atoms with van der Waals surface area (Å²) in [4.78, 5) is 11.5. The highest BCUT2D eigenvalue weighted by Gasteiger charge is 2.31. The van der Waals surface area contributed by atoms with Crippen LogP contribution in [0.1, 0.15) is 43.5 Å². The molecule has 2 saturated heterocycles. The van der Waals surface area contributed by atoms with Crippen LogP contribution < -0.4 is 15.5 Å². The third-order valence-corrected chi connectivity index (χ3v) is 7.43. The lowest BCUT2D eigenvalue weighted by atomic mass is 9.88. The summed E-state index contributed by atoms with van der Waals surface area (Å²) in [6, 6.07) is 5.34. The number of aromatic nitrogens is 2. The largest absolute Gasteiger partial charge is 0.367 e. The molecule has 2 aromatic rings. The van der Waals surface area contributed by atoms with Crippen LogP contribution in [0.4, 0.5) is 5.69 Å². The van der Waals surface area contributed by atoms with Crippen molar-refractivity contribution in [2.75, 3.05) is 44.7 Å². The SMILES string of the molecule is CCNC(=NCC1CCCN(C)C1c1cccs1)NC1CCCN(c2cnn(C)c2)C1.I. The number of nitrogens with zero attached hydrogens (tertiary/aromatic N) is 5. The Hall–Kier alpha value is -1.33. The smallest absolute Gasteiger partial charge is 0.191 e. The molecule has 2 aromatic heterocycles. The van der Waals surface area contributed by atoms with Crippen LogP contribution in [0.25, 0.3) is 0 Å². The zero-order chi connectivity index (χ0) is 21.6. The van der Waals surface area contributed by atoms with Gasteiger partial charge in [0.05, 0.1) is 11.9 Å². The second-order valence-corrected chi connectivity index (χ2v) is 9.84. The van der Waals surface area contributed by atoms with E-state index in [1.165, 1.54) is 42.8 Å². The number of nitrogens with one attached hydrogen (secondary N) is 2. The number of thiophene rings is 1. The number of piperidine rings is 2. The van der Waals surface area contributed by atoms with Gasteiger partial charge in [-0.05, 0) is 63.6 Å². The molecule has 3 atom stereocenters. The summed E-state index contributed by atoms with van der Waals surface area (Å²) in [6.45, 7) is 7.13. The molecule has 0 aromatic carbocycles. The van der Waals surface area contributed by atoms with Gasteiger partial charge in [-0.25, -0.2) is 0 Å². The summed E-state index contributed by atoms with van der Waals surface area (Å²) in [5, 5.41) is 13.7. The Morgan fingerprint density at radius 3 is 2.81 bits per heavy atom. The molecule has 2 aliphatic rings. The molecular formula is C23H38IN7S. The summed E-state index contributed by atoms with van der Waals surface area (Å²) in [5.74, 6) is 1.52. The lowest BCUT2D eigenvalue weighted by Gasteiger charge is -2.38. The number of aliphatic imine (C=N–C) groups is 1. The molecule has 0 aliphatic carbocycles. The highest BCUT2D eigenvalue weighted by atomic mass is 127. The Bertz CT molecular complexity index is 837. The molecule has 178 valence electrons. The third-order valence-electron chi connectivity index (χ3n) is 6.49. The van der Waals surface area contributed by atoms with Gasteiger partial charge in [-0.1, -0.05) is 6.07 Å². The topological polar surface area (TPSA) is 60.7 Å². The highest BCUT2D eigenvalue weighted by molar-refractivity contribution is 14.0. The minimum atomic E-state index is 0. The monoisotopic (exact) mass is 571 g/mol. The minimum absolute atomic E-state index is 0. The van der Waals surface area contributed by atoms with E-state index in [-0.39, 0.29) is 24.0 Å². The maximum Gasteiger partial charge on any atom is 0.191 e. The van der Waals surface area contributed by atoms with Gasteiger partial charge in [0, 0.05) is 56.4 Å². The van der Waals surface area contributed by atoms with E-state index in [1.807, 2.05) is 29.3 Å². The van der Waals surface area contributed by atoms with Crippen molar-refractivity contribution in [1.82, 2.24) is 25.3 Å². The van der Waals surface area contributed by atoms with Crippen LogP contribution in [-0.2, 0) is 7.05 Å². The maximum absolute atomic E-state index is 5.07. The number of hydrogen-bond donors (Lipinski definition) is 2. The lowest BCUT2D eigenvalue weighted by molar-refractivity contribution is 0.128. The zero-order valence-corrected chi connectivity index (χ0v) is 22.7. The fraction of sp³-hybridized carbons (Fsp3) is 0.652. The summed E-state index contributed by atoms with van der Waals surface area (Å²) < 4.78 is 1.88. The van der Waals surface area contributed by atoms with E-state index in [0.29, 0.717) is 18.0 Å². The van der Waals surface area contributed by atoms with Crippen molar-refractivity contribution < 1.29 is 0 Å². The Morgan fingerprint density at radius 1 is 1.25 bits per heavy atom. The van der Waals surface area contributed by atoms with E-state index in [2.05, 4.69) is 63.2 Å². The van der Waals surface area contributed by atoms with Gasteiger partial charge in [-0.3, -0.25) is 14.6 Å². The molecule has 0 bridgehead atoms. The molecule has 7 nitrogen and oxygen atoms in total. The van der Waals surface area contributed by atoms with Gasteiger partial charge in [0.1, 0.15) is 0 Å². The van der Waals surface area contributed by atoms with Crippen molar-refractivity contribution in [1.29, 1.82) is 0 Å². The van der Waals surface area contributed by atoms with Gasteiger partial charge in [-0.15, -0.1) is 35.3 Å². The van der Waals surface area contributed by atoms with E-state index in [1.54, 1.807) is 0 Å². The van der Waals surface area contributed by atoms with Crippen molar-refractivity contribution >= 4 is 47.0 Å². The number of aryl methyl sites for hydroxylation is 1. The van der Waals surface area contributed by atoms with Crippen molar-refractivity contribution in [3.05, 3.63) is 34.8 Å². The van der Waals surface area contributed by atoms with Crippen LogP contribution >= 0.6 is 35.3 Å². The minimum Gasteiger partial charge on any atom is -0.367 e. The molecule has 0 spiro atoms. The summed E-state index contributed by atoms with van der Waals surface area (Å²) >= 11 is 1.88. The number of likely N-dealkylation sites (tertiary alicyclic amines) is 1. The number of anilines is 1. The predicted octanol–water partition coefficient (Wildman–Crippen LogP) is 3.71. The number of hydrogen-bond acceptors (Lipinski definition) is 5.